The van der Waals surface area contributed by atoms with Crippen LogP contribution in [0.4, 0.5) is 10.2 Å². The van der Waals surface area contributed by atoms with E-state index in [1.165, 1.54) is 24.4 Å². The first-order valence-corrected chi connectivity index (χ1v) is 4.82. The fourth-order valence-electron chi connectivity index (χ4n) is 1.44. The van der Waals surface area contributed by atoms with Crippen LogP contribution in [0.25, 0.3) is 11.1 Å². The Morgan fingerprint density at radius 1 is 1.29 bits per heavy atom. The zero-order chi connectivity index (χ0) is 12.4. The van der Waals surface area contributed by atoms with Crippen molar-refractivity contribution in [3.63, 3.8) is 0 Å². The van der Waals surface area contributed by atoms with Gasteiger partial charge in [0.2, 0.25) is 0 Å². The van der Waals surface area contributed by atoms with Gasteiger partial charge in [0.1, 0.15) is 11.6 Å². The number of carboxylic acid groups (broad SMARTS) is 1. The molecule has 0 radical (unpaired) electrons. The van der Waals surface area contributed by atoms with E-state index in [1.54, 1.807) is 6.07 Å². The van der Waals surface area contributed by atoms with Gasteiger partial charge < -0.3 is 10.8 Å². The number of aromatic carboxylic acids is 1. The van der Waals surface area contributed by atoms with Crippen LogP contribution in [-0.2, 0) is 0 Å². The standard InChI is InChI=1S/C12H9FN2O2/c13-10-3-1-7(12(16)17)5-9(10)8-2-4-11(14)15-6-8/h1-6H,(H2,14,15)(H,16,17). The first kappa shape index (κ1) is 11.1. The van der Waals surface area contributed by atoms with Crippen molar-refractivity contribution in [1.82, 2.24) is 4.98 Å². The minimum Gasteiger partial charge on any atom is -0.478 e. The van der Waals surface area contributed by atoms with Crippen molar-refractivity contribution >= 4 is 11.8 Å². The van der Waals surface area contributed by atoms with E-state index in [2.05, 4.69) is 4.98 Å². The Morgan fingerprint density at radius 3 is 2.65 bits per heavy atom. The molecular formula is C12H9FN2O2. The molecule has 1 heterocycles. The van der Waals surface area contributed by atoms with Crippen LogP contribution in [0.15, 0.2) is 36.5 Å². The molecule has 4 nitrogen and oxygen atoms in total. The molecule has 2 aromatic rings. The Bertz CT molecular complexity index is 567. The summed E-state index contributed by atoms with van der Waals surface area (Å²) in [6, 6.07) is 6.72. The number of nitrogens with two attached hydrogens (primary N) is 1. The minimum atomic E-state index is -1.10. The molecule has 3 N–H and O–H groups in total. The van der Waals surface area contributed by atoms with Crippen molar-refractivity contribution in [3.8, 4) is 11.1 Å². The van der Waals surface area contributed by atoms with E-state index in [9.17, 15) is 9.18 Å². The second-order valence-corrected chi connectivity index (χ2v) is 3.47. The van der Waals surface area contributed by atoms with Gasteiger partial charge in [0, 0.05) is 17.3 Å². The number of benzene rings is 1. The highest BCUT2D eigenvalue weighted by molar-refractivity contribution is 5.89. The van der Waals surface area contributed by atoms with Crippen molar-refractivity contribution in [2.75, 3.05) is 5.73 Å². The van der Waals surface area contributed by atoms with E-state index in [-0.39, 0.29) is 11.1 Å². The number of hydrogen-bond acceptors (Lipinski definition) is 3. The summed E-state index contributed by atoms with van der Waals surface area (Å²) in [5, 5.41) is 8.83. The molecule has 0 bridgehead atoms. The quantitative estimate of drug-likeness (QED) is 0.831. The Morgan fingerprint density at radius 2 is 2.06 bits per heavy atom. The number of anilines is 1. The lowest BCUT2D eigenvalue weighted by Gasteiger charge is -2.04. The Labute approximate surface area is 96.5 Å². The zero-order valence-electron chi connectivity index (χ0n) is 8.72. The molecule has 0 atom stereocenters. The van der Waals surface area contributed by atoms with Crippen LogP contribution in [0, 0.1) is 5.82 Å². The molecule has 1 aromatic carbocycles. The highest BCUT2D eigenvalue weighted by Gasteiger charge is 2.10. The normalized spacial score (nSPS) is 10.2. The number of halogens is 1. The number of nitrogen functional groups attached to an aromatic ring is 1. The number of carbonyl (C=O) groups is 1. The van der Waals surface area contributed by atoms with Gasteiger partial charge in [0.25, 0.3) is 0 Å². The van der Waals surface area contributed by atoms with Gasteiger partial charge in [-0.1, -0.05) is 0 Å². The lowest BCUT2D eigenvalue weighted by atomic mass is 10.0. The van der Waals surface area contributed by atoms with Gasteiger partial charge in [-0.3, -0.25) is 0 Å². The third kappa shape index (κ3) is 2.23. The number of carboxylic acids is 1. The molecule has 86 valence electrons. The molecule has 5 heteroatoms. The van der Waals surface area contributed by atoms with E-state index in [0.29, 0.717) is 11.4 Å². The van der Waals surface area contributed by atoms with E-state index in [0.717, 1.165) is 6.07 Å². The highest BCUT2D eigenvalue weighted by Crippen LogP contribution is 2.23. The average Bonchev–Trinajstić information content (AvgIpc) is 2.31. The van der Waals surface area contributed by atoms with E-state index >= 15 is 0 Å². The number of hydrogen-bond donors (Lipinski definition) is 2. The Hall–Kier alpha value is -2.43. The summed E-state index contributed by atoms with van der Waals surface area (Å²) in [6.45, 7) is 0. The number of nitrogens with zero attached hydrogens (tertiary/aromatic N) is 1. The summed E-state index contributed by atoms with van der Waals surface area (Å²) >= 11 is 0. The van der Waals surface area contributed by atoms with E-state index in [4.69, 9.17) is 10.8 Å². The summed E-state index contributed by atoms with van der Waals surface area (Å²) in [5.74, 6) is -1.28. The maximum absolute atomic E-state index is 13.6. The Kier molecular flexibility index (Phi) is 2.74. The SMILES string of the molecule is Nc1ccc(-c2cc(C(=O)O)ccc2F)cn1. The van der Waals surface area contributed by atoms with Crippen LogP contribution in [-0.4, -0.2) is 16.1 Å². The van der Waals surface area contributed by atoms with Crippen molar-refractivity contribution in [1.29, 1.82) is 0 Å². The molecule has 0 aliphatic rings. The van der Waals surface area contributed by atoms with Crippen LogP contribution in [0.5, 0.6) is 0 Å². The number of aromatic nitrogens is 1. The van der Waals surface area contributed by atoms with Crippen molar-refractivity contribution in [3.05, 3.63) is 47.9 Å². The summed E-state index contributed by atoms with van der Waals surface area (Å²) in [7, 11) is 0. The van der Waals surface area contributed by atoms with Crippen LogP contribution in [0.2, 0.25) is 0 Å². The summed E-state index contributed by atoms with van der Waals surface area (Å²) in [6.07, 6.45) is 1.40. The molecule has 1 aromatic heterocycles. The summed E-state index contributed by atoms with van der Waals surface area (Å²) in [4.78, 5) is 14.6. The predicted octanol–water partition coefficient (Wildman–Crippen LogP) is 2.17. The van der Waals surface area contributed by atoms with Crippen LogP contribution >= 0.6 is 0 Å². The molecular weight excluding hydrogens is 223 g/mol. The lowest BCUT2D eigenvalue weighted by molar-refractivity contribution is 0.0697. The van der Waals surface area contributed by atoms with Crippen molar-refractivity contribution < 1.29 is 14.3 Å². The number of pyridine rings is 1. The Balaban J connectivity index is 2.54. The van der Waals surface area contributed by atoms with Crippen molar-refractivity contribution in [2.24, 2.45) is 0 Å². The van der Waals surface area contributed by atoms with Crippen LogP contribution < -0.4 is 5.73 Å². The highest BCUT2D eigenvalue weighted by atomic mass is 19.1. The average molecular weight is 232 g/mol. The van der Waals surface area contributed by atoms with E-state index < -0.39 is 11.8 Å². The van der Waals surface area contributed by atoms with Gasteiger partial charge in [0.05, 0.1) is 5.56 Å². The molecule has 0 amide bonds. The third-order valence-electron chi connectivity index (χ3n) is 2.31. The van der Waals surface area contributed by atoms with Gasteiger partial charge in [-0.15, -0.1) is 0 Å². The first-order valence-electron chi connectivity index (χ1n) is 4.82. The van der Waals surface area contributed by atoms with Gasteiger partial charge in [0.15, 0.2) is 0 Å². The van der Waals surface area contributed by atoms with E-state index in [1.807, 2.05) is 0 Å². The summed E-state index contributed by atoms with van der Waals surface area (Å²) in [5.41, 5.74) is 6.13. The van der Waals surface area contributed by atoms with Gasteiger partial charge in [-0.2, -0.15) is 0 Å². The van der Waals surface area contributed by atoms with Crippen molar-refractivity contribution in [2.45, 2.75) is 0 Å². The maximum atomic E-state index is 13.6. The molecule has 0 saturated carbocycles. The molecule has 0 aliphatic carbocycles. The van der Waals surface area contributed by atoms with Crippen LogP contribution in [0.3, 0.4) is 0 Å². The topological polar surface area (TPSA) is 76.2 Å². The maximum Gasteiger partial charge on any atom is 0.335 e. The van der Waals surface area contributed by atoms with Crippen LogP contribution in [0.1, 0.15) is 10.4 Å². The molecule has 0 saturated heterocycles. The fourth-order valence-corrected chi connectivity index (χ4v) is 1.44. The van der Waals surface area contributed by atoms with Gasteiger partial charge >= 0.3 is 5.97 Å². The predicted molar refractivity (Wildman–Crippen MR) is 61.0 cm³/mol. The first-order chi connectivity index (χ1) is 8.08. The lowest BCUT2D eigenvalue weighted by Crippen LogP contribution is -1.98. The second kappa shape index (κ2) is 4.21. The van der Waals surface area contributed by atoms with Gasteiger partial charge in [-0.05, 0) is 30.3 Å². The molecule has 0 aliphatic heterocycles. The smallest absolute Gasteiger partial charge is 0.335 e. The second-order valence-electron chi connectivity index (χ2n) is 3.47. The molecule has 17 heavy (non-hydrogen) atoms. The van der Waals surface area contributed by atoms with Gasteiger partial charge in [-0.25, -0.2) is 14.2 Å². The largest absolute Gasteiger partial charge is 0.478 e. The molecule has 0 fully saturated rings. The molecule has 0 spiro atoms. The minimum absolute atomic E-state index is 0.0261. The fraction of sp³-hybridized carbons (Fsp3) is 0. The summed E-state index contributed by atoms with van der Waals surface area (Å²) < 4.78 is 13.6. The number of rotatable bonds is 2. The zero-order valence-corrected chi connectivity index (χ0v) is 8.72. The molecule has 0 unspecified atom stereocenters. The molecule has 2 rings (SSSR count). The monoisotopic (exact) mass is 232 g/mol. The third-order valence-corrected chi connectivity index (χ3v) is 2.31.